The van der Waals surface area contributed by atoms with E-state index in [-0.39, 0.29) is 11.6 Å². The van der Waals surface area contributed by atoms with E-state index in [0.29, 0.717) is 0 Å². The fourth-order valence-electron chi connectivity index (χ4n) is 2.14. The Balaban J connectivity index is -0.000000336. The number of anilines is 1. The first-order valence-electron chi connectivity index (χ1n) is 11.9. The molecule has 0 bridgehead atoms. The van der Waals surface area contributed by atoms with Gasteiger partial charge in [0.15, 0.2) is 0 Å². The van der Waals surface area contributed by atoms with Gasteiger partial charge in [0.2, 0.25) is 0 Å². The normalized spacial score (nSPS) is 10.9. The molecule has 0 saturated heterocycles. The van der Waals surface area contributed by atoms with Gasteiger partial charge in [-0.05, 0) is 63.8 Å². The van der Waals surface area contributed by atoms with Crippen molar-refractivity contribution in [3.63, 3.8) is 0 Å². The zero-order chi connectivity index (χ0) is 24.2. The van der Waals surface area contributed by atoms with Gasteiger partial charge < -0.3 is 10.5 Å². The Morgan fingerprint density at radius 1 is 0.967 bits per heavy atom. The number of benzene rings is 1. The third kappa shape index (κ3) is 28.7. The minimum absolute atomic E-state index is 0.225. The molecule has 1 aromatic rings. The first-order valence-corrected chi connectivity index (χ1v) is 11.9. The van der Waals surface area contributed by atoms with Crippen molar-refractivity contribution in [3.05, 3.63) is 29.3 Å². The minimum Gasteiger partial charge on any atom is -0.460 e. The van der Waals surface area contributed by atoms with Crippen LogP contribution in [-0.4, -0.2) is 11.6 Å². The Morgan fingerprint density at radius 3 is 1.77 bits per heavy atom. The van der Waals surface area contributed by atoms with Crippen LogP contribution in [0, 0.1) is 19.8 Å². The van der Waals surface area contributed by atoms with Crippen LogP contribution < -0.4 is 5.73 Å². The van der Waals surface area contributed by atoms with E-state index in [2.05, 4.69) is 48.5 Å². The van der Waals surface area contributed by atoms with Crippen LogP contribution >= 0.6 is 0 Å². The zero-order valence-corrected chi connectivity index (χ0v) is 22.2. The number of aryl methyl sites for hydroxylation is 2. The Morgan fingerprint density at radius 2 is 1.50 bits per heavy atom. The fourth-order valence-corrected chi connectivity index (χ4v) is 2.14. The fraction of sp³-hybridized carbons (Fsp3) is 0.741. The summed E-state index contributed by atoms with van der Waals surface area (Å²) in [4.78, 5) is 10.2. The maximum Gasteiger partial charge on any atom is 0.303 e. The summed E-state index contributed by atoms with van der Waals surface area (Å²) >= 11 is 0. The van der Waals surface area contributed by atoms with E-state index >= 15 is 0 Å². The van der Waals surface area contributed by atoms with Crippen molar-refractivity contribution in [2.24, 2.45) is 5.92 Å². The van der Waals surface area contributed by atoms with E-state index in [4.69, 9.17) is 10.5 Å². The number of nitrogens with two attached hydrogens (primary N) is 1. The average Bonchev–Trinajstić information content (AvgIpc) is 2.64. The van der Waals surface area contributed by atoms with Crippen LogP contribution in [0.3, 0.4) is 0 Å². The molecule has 30 heavy (non-hydrogen) atoms. The van der Waals surface area contributed by atoms with Crippen LogP contribution in [0.25, 0.3) is 0 Å². The summed E-state index contributed by atoms with van der Waals surface area (Å²) in [7, 11) is 0. The van der Waals surface area contributed by atoms with E-state index in [0.717, 1.165) is 11.6 Å². The summed E-state index contributed by atoms with van der Waals surface area (Å²) in [6, 6.07) is 5.93. The van der Waals surface area contributed by atoms with E-state index in [9.17, 15) is 4.79 Å². The predicted octanol–water partition coefficient (Wildman–Crippen LogP) is 8.65. The van der Waals surface area contributed by atoms with E-state index in [1.54, 1.807) is 0 Å². The van der Waals surface area contributed by atoms with Crippen LogP contribution in [0.4, 0.5) is 5.69 Å². The van der Waals surface area contributed by atoms with Gasteiger partial charge in [-0.3, -0.25) is 4.79 Å². The van der Waals surface area contributed by atoms with Crippen LogP contribution in [0.1, 0.15) is 118 Å². The minimum atomic E-state index is -0.328. The van der Waals surface area contributed by atoms with Crippen LogP contribution in [0.15, 0.2) is 18.2 Å². The quantitative estimate of drug-likeness (QED) is 0.283. The molecule has 0 fully saturated rings. The third-order valence-corrected chi connectivity index (χ3v) is 4.48. The molecule has 0 aliphatic rings. The molecule has 0 aliphatic heterocycles. The Bertz CT molecular complexity index is 516. The van der Waals surface area contributed by atoms with Crippen molar-refractivity contribution in [3.8, 4) is 0 Å². The van der Waals surface area contributed by atoms with Crippen LogP contribution in [0.5, 0.6) is 0 Å². The van der Waals surface area contributed by atoms with Gasteiger partial charge >= 0.3 is 5.97 Å². The molecule has 1 unspecified atom stereocenters. The summed E-state index contributed by atoms with van der Waals surface area (Å²) < 4.78 is 4.80. The smallest absolute Gasteiger partial charge is 0.303 e. The highest BCUT2D eigenvalue weighted by Gasteiger charge is 2.11. The largest absolute Gasteiger partial charge is 0.460 e. The highest BCUT2D eigenvalue weighted by atomic mass is 16.6. The lowest BCUT2D eigenvalue weighted by atomic mass is 10.0. The molecule has 0 spiro atoms. The van der Waals surface area contributed by atoms with Gasteiger partial charge in [-0.1, -0.05) is 85.6 Å². The Kier molecular flexibility index (Phi) is 22.9. The van der Waals surface area contributed by atoms with Crippen molar-refractivity contribution in [1.29, 1.82) is 0 Å². The molecule has 0 radical (unpaired) electrons. The topological polar surface area (TPSA) is 52.3 Å². The lowest BCUT2D eigenvalue weighted by Crippen LogP contribution is -2.21. The van der Waals surface area contributed by atoms with E-state index < -0.39 is 0 Å². The lowest BCUT2D eigenvalue weighted by Gasteiger charge is -2.17. The second-order valence-electron chi connectivity index (χ2n) is 9.06. The number of nitrogen functional groups attached to an aromatic ring is 1. The molecule has 0 aliphatic carbocycles. The number of carbonyl (C=O) groups excluding carboxylic acids is 1. The molecule has 1 rings (SSSR count). The lowest BCUT2D eigenvalue weighted by molar-refractivity contribution is -0.151. The van der Waals surface area contributed by atoms with Gasteiger partial charge in [0.05, 0.1) is 0 Å². The molecule has 0 aromatic heterocycles. The number of rotatable bonds is 6. The molecule has 178 valence electrons. The second kappa shape index (κ2) is 20.8. The Hall–Kier alpha value is -1.51. The monoisotopic (exact) mass is 423 g/mol. The second-order valence-corrected chi connectivity index (χ2v) is 9.06. The predicted molar refractivity (Wildman–Crippen MR) is 136 cm³/mol. The molecule has 0 saturated carbocycles. The standard InChI is InChI=1S/C9H20.C8H11N.C6H12O2.C4H10/c1-4-6-7-8-9(3)5-2;1-6-3-4-8(9)5-7(6)2;1-5(7)8-6(2,3)4;1-3-4-2/h9H,4-8H2,1-3H3;3-5H,9H2,1-2H3;1-4H3;3-4H2,1-2H3. The molecule has 1 atom stereocenters. The number of hydrogen-bond donors (Lipinski definition) is 1. The SMILES string of the molecule is CC(=O)OC(C)(C)C.CCCC.CCCCCC(C)CC.Cc1ccc(N)cc1C. The Labute approximate surface area is 189 Å². The average molecular weight is 424 g/mol. The first-order chi connectivity index (χ1) is 13.8. The van der Waals surface area contributed by atoms with Gasteiger partial charge in [-0.2, -0.15) is 0 Å². The van der Waals surface area contributed by atoms with Crippen molar-refractivity contribution in [1.82, 2.24) is 0 Å². The first kappa shape index (κ1) is 33.1. The zero-order valence-electron chi connectivity index (χ0n) is 22.2. The molecule has 0 heterocycles. The van der Waals surface area contributed by atoms with Crippen molar-refractivity contribution in [2.75, 3.05) is 5.73 Å². The van der Waals surface area contributed by atoms with Crippen molar-refractivity contribution in [2.45, 2.75) is 127 Å². The molecule has 3 heteroatoms. The third-order valence-electron chi connectivity index (χ3n) is 4.48. The van der Waals surface area contributed by atoms with Gasteiger partial charge in [0, 0.05) is 12.6 Å². The molecular formula is C27H53NO2. The van der Waals surface area contributed by atoms with E-state index in [1.807, 2.05) is 39.0 Å². The van der Waals surface area contributed by atoms with Gasteiger partial charge in [-0.15, -0.1) is 0 Å². The van der Waals surface area contributed by atoms with Crippen molar-refractivity contribution < 1.29 is 9.53 Å². The maximum atomic E-state index is 10.2. The van der Waals surface area contributed by atoms with Crippen molar-refractivity contribution >= 4 is 11.7 Å². The molecule has 3 nitrogen and oxygen atoms in total. The van der Waals surface area contributed by atoms with Gasteiger partial charge in [0.25, 0.3) is 0 Å². The van der Waals surface area contributed by atoms with Gasteiger partial charge in [0.1, 0.15) is 5.60 Å². The molecular weight excluding hydrogens is 370 g/mol. The number of hydrogen-bond acceptors (Lipinski definition) is 3. The molecule has 2 N–H and O–H groups in total. The maximum absolute atomic E-state index is 10.2. The summed E-state index contributed by atoms with van der Waals surface area (Å²) in [5, 5.41) is 0. The summed E-state index contributed by atoms with van der Waals surface area (Å²) in [6.07, 6.45) is 9.64. The highest BCUT2D eigenvalue weighted by molar-refractivity contribution is 5.66. The highest BCUT2D eigenvalue weighted by Crippen LogP contribution is 2.11. The molecule has 0 amide bonds. The summed E-state index contributed by atoms with van der Waals surface area (Å²) in [5.74, 6) is 0.731. The molecule has 1 aromatic carbocycles. The van der Waals surface area contributed by atoms with Crippen LogP contribution in [-0.2, 0) is 9.53 Å². The number of unbranched alkanes of at least 4 members (excludes halogenated alkanes) is 3. The van der Waals surface area contributed by atoms with Crippen LogP contribution in [0.2, 0.25) is 0 Å². The summed E-state index contributed by atoms with van der Waals surface area (Å²) in [6.45, 7) is 22.3. The number of ether oxygens (including phenoxy) is 1. The number of carbonyl (C=O) groups is 1. The summed E-state index contributed by atoms with van der Waals surface area (Å²) in [5.41, 5.74) is 8.60. The van der Waals surface area contributed by atoms with Gasteiger partial charge in [-0.25, -0.2) is 0 Å². The number of esters is 1. The van der Waals surface area contributed by atoms with E-state index in [1.165, 1.54) is 63.0 Å².